The molecule has 0 aliphatic heterocycles. The second-order valence-electron chi connectivity index (χ2n) is 4.56. The lowest BCUT2D eigenvalue weighted by Gasteiger charge is -2.29. The van der Waals surface area contributed by atoms with E-state index in [1.165, 1.54) is 13.0 Å². The van der Waals surface area contributed by atoms with Gasteiger partial charge in [-0.15, -0.1) is 0 Å². The van der Waals surface area contributed by atoms with Crippen LogP contribution in [0.4, 0.5) is 0 Å². The molecule has 7 nitrogen and oxygen atoms in total. The molecule has 0 aliphatic rings. The Kier molecular flexibility index (Phi) is 11.4. The molecule has 0 fully saturated rings. The van der Waals surface area contributed by atoms with Crippen LogP contribution in [-0.4, -0.2) is 37.2 Å². The van der Waals surface area contributed by atoms with Crippen LogP contribution in [0, 0.1) is 0 Å². The third-order valence-electron chi connectivity index (χ3n) is 2.85. The Morgan fingerprint density at radius 3 is 2.10 bits per heavy atom. The molecule has 1 atom stereocenters. The zero-order chi connectivity index (χ0) is 17.1. The van der Waals surface area contributed by atoms with Crippen molar-refractivity contribution in [1.29, 1.82) is 0 Å². The zero-order valence-electron chi connectivity index (χ0n) is 13.2. The van der Waals surface area contributed by atoms with Crippen LogP contribution in [0.3, 0.4) is 0 Å². The van der Waals surface area contributed by atoms with Gasteiger partial charge in [-0.3, -0.25) is 4.55 Å². The van der Waals surface area contributed by atoms with E-state index in [0.717, 1.165) is 12.8 Å². The van der Waals surface area contributed by atoms with Gasteiger partial charge in [0.25, 0.3) is 0 Å². The van der Waals surface area contributed by atoms with Crippen LogP contribution in [0.25, 0.3) is 0 Å². The SMILES string of the molecule is C=CC(=O)OC(C)CC(N)(CC)CC.CCOS(=O)(=O)O. The van der Waals surface area contributed by atoms with E-state index in [1.54, 1.807) is 0 Å². The molecule has 0 aromatic rings. The Labute approximate surface area is 127 Å². The highest BCUT2D eigenvalue weighted by molar-refractivity contribution is 7.80. The van der Waals surface area contributed by atoms with E-state index in [2.05, 4.69) is 10.8 Å². The lowest BCUT2D eigenvalue weighted by molar-refractivity contribution is -0.143. The van der Waals surface area contributed by atoms with E-state index < -0.39 is 10.4 Å². The second kappa shape index (κ2) is 10.7. The summed E-state index contributed by atoms with van der Waals surface area (Å²) < 4.78 is 35.7. The van der Waals surface area contributed by atoms with Crippen LogP contribution in [0.5, 0.6) is 0 Å². The minimum absolute atomic E-state index is 0.0289. The van der Waals surface area contributed by atoms with Gasteiger partial charge in [0.2, 0.25) is 0 Å². The van der Waals surface area contributed by atoms with Gasteiger partial charge < -0.3 is 10.5 Å². The normalized spacial score (nSPS) is 12.9. The molecule has 1 unspecified atom stereocenters. The molecule has 126 valence electrons. The zero-order valence-corrected chi connectivity index (χ0v) is 14.0. The van der Waals surface area contributed by atoms with Crippen LogP contribution in [0.2, 0.25) is 0 Å². The van der Waals surface area contributed by atoms with E-state index in [-0.39, 0.29) is 24.2 Å². The molecule has 0 saturated heterocycles. The summed E-state index contributed by atoms with van der Waals surface area (Å²) in [5, 5.41) is 0. The average Bonchev–Trinajstić information content (AvgIpc) is 2.37. The van der Waals surface area contributed by atoms with E-state index in [9.17, 15) is 13.2 Å². The Morgan fingerprint density at radius 2 is 1.86 bits per heavy atom. The second-order valence-corrected chi connectivity index (χ2v) is 5.65. The number of hydrogen-bond acceptors (Lipinski definition) is 6. The van der Waals surface area contributed by atoms with Gasteiger partial charge in [-0.25, -0.2) is 8.98 Å². The van der Waals surface area contributed by atoms with Gasteiger partial charge >= 0.3 is 16.4 Å². The van der Waals surface area contributed by atoms with Gasteiger partial charge in [0, 0.05) is 18.0 Å². The van der Waals surface area contributed by atoms with Crippen LogP contribution in [0.15, 0.2) is 12.7 Å². The van der Waals surface area contributed by atoms with Crippen molar-refractivity contribution in [3.63, 3.8) is 0 Å². The molecule has 0 rings (SSSR count). The van der Waals surface area contributed by atoms with Crippen molar-refractivity contribution in [2.45, 2.75) is 58.6 Å². The van der Waals surface area contributed by atoms with Gasteiger partial charge in [0.05, 0.1) is 6.61 Å². The van der Waals surface area contributed by atoms with Crippen molar-refractivity contribution < 1.29 is 26.7 Å². The number of carbonyl (C=O) groups excluding carboxylic acids is 1. The van der Waals surface area contributed by atoms with E-state index in [0.29, 0.717) is 6.42 Å². The van der Waals surface area contributed by atoms with Crippen molar-refractivity contribution in [2.24, 2.45) is 5.73 Å². The molecule has 0 heterocycles. The van der Waals surface area contributed by atoms with Gasteiger partial charge in [0.15, 0.2) is 0 Å². The number of carbonyl (C=O) groups is 1. The summed E-state index contributed by atoms with van der Waals surface area (Å²) in [5.74, 6) is -0.382. The molecule has 21 heavy (non-hydrogen) atoms. The molecular weight excluding hydrogens is 298 g/mol. The molecule has 0 radical (unpaired) electrons. The number of hydrogen-bond donors (Lipinski definition) is 2. The standard InChI is InChI=1S/C11H21NO2.C2H6O4S/c1-5-10(13)14-9(4)8-11(12,6-2)7-3;1-2-6-7(3,4)5/h5,9H,1,6-8,12H2,2-4H3;2H2,1H3,(H,3,4,5). The Hall–Kier alpha value is -0.960. The minimum Gasteiger partial charge on any atom is -0.459 e. The molecular formula is C13H27NO6S. The lowest BCUT2D eigenvalue weighted by atomic mass is 9.88. The summed E-state index contributed by atoms with van der Waals surface area (Å²) in [5.41, 5.74) is 5.88. The highest BCUT2D eigenvalue weighted by Crippen LogP contribution is 2.19. The monoisotopic (exact) mass is 325 g/mol. The molecule has 0 aromatic heterocycles. The van der Waals surface area contributed by atoms with Crippen molar-refractivity contribution in [3.05, 3.63) is 12.7 Å². The molecule has 0 aliphatic carbocycles. The third kappa shape index (κ3) is 13.8. The number of rotatable bonds is 8. The topological polar surface area (TPSA) is 116 Å². The lowest BCUT2D eigenvalue weighted by Crippen LogP contribution is -2.41. The Bertz CT molecular complexity index is 403. The van der Waals surface area contributed by atoms with Gasteiger partial charge in [-0.1, -0.05) is 20.4 Å². The highest BCUT2D eigenvalue weighted by Gasteiger charge is 2.24. The molecule has 8 heteroatoms. The maximum atomic E-state index is 10.9. The predicted molar refractivity (Wildman–Crippen MR) is 81.0 cm³/mol. The smallest absolute Gasteiger partial charge is 0.397 e. The van der Waals surface area contributed by atoms with Gasteiger partial charge in [-0.2, -0.15) is 8.42 Å². The predicted octanol–water partition coefficient (Wildman–Crippen LogP) is 1.84. The summed E-state index contributed by atoms with van der Waals surface area (Å²) >= 11 is 0. The van der Waals surface area contributed by atoms with E-state index in [1.807, 2.05) is 20.8 Å². The summed E-state index contributed by atoms with van der Waals surface area (Å²) in [7, 11) is -4.17. The molecule has 0 spiro atoms. The highest BCUT2D eigenvalue weighted by atomic mass is 32.3. The number of nitrogens with two attached hydrogens (primary N) is 1. The van der Waals surface area contributed by atoms with Crippen molar-refractivity contribution in [2.75, 3.05) is 6.61 Å². The molecule has 0 saturated carbocycles. The van der Waals surface area contributed by atoms with E-state index in [4.69, 9.17) is 15.0 Å². The summed E-state index contributed by atoms with van der Waals surface area (Å²) in [4.78, 5) is 10.9. The van der Waals surface area contributed by atoms with Crippen LogP contribution in [0.1, 0.15) is 47.0 Å². The van der Waals surface area contributed by atoms with Crippen LogP contribution >= 0.6 is 0 Å². The molecule has 0 amide bonds. The molecule has 0 bridgehead atoms. The first-order chi connectivity index (χ1) is 9.53. The largest absolute Gasteiger partial charge is 0.459 e. The fourth-order valence-electron chi connectivity index (χ4n) is 1.55. The van der Waals surface area contributed by atoms with Gasteiger partial charge in [-0.05, 0) is 26.7 Å². The van der Waals surface area contributed by atoms with Crippen LogP contribution in [-0.2, 0) is 24.1 Å². The first-order valence-electron chi connectivity index (χ1n) is 6.77. The maximum absolute atomic E-state index is 10.9. The first-order valence-corrected chi connectivity index (χ1v) is 8.13. The fourth-order valence-corrected chi connectivity index (χ4v) is 1.85. The fraction of sp³-hybridized carbons (Fsp3) is 0.769. The molecule has 0 aromatic carbocycles. The maximum Gasteiger partial charge on any atom is 0.397 e. The summed E-state index contributed by atoms with van der Waals surface area (Å²) in [6.45, 7) is 10.7. The minimum atomic E-state index is -4.17. The quantitative estimate of drug-likeness (QED) is 0.397. The van der Waals surface area contributed by atoms with Crippen molar-refractivity contribution >= 4 is 16.4 Å². The van der Waals surface area contributed by atoms with Crippen LogP contribution < -0.4 is 5.73 Å². The van der Waals surface area contributed by atoms with Crippen molar-refractivity contribution in [1.82, 2.24) is 0 Å². The van der Waals surface area contributed by atoms with Gasteiger partial charge in [0.1, 0.15) is 6.10 Å². The average molecular weight is 325 g/mol. The third-order valence-corrected chi connectivity index (χ3v) is 3.39. The number of esters is 1. The Morgan fingerprint density at radius 1 is 1.38 bits per heavy atom. The first kappa shape index (κ1) is 22.3. The summed E-state index contributed by atoms with van der Waals surface area (Å²) in [6.07, 6.45) is 3.50. The Balaban J connectivity index is 0. The van der Waals surface area contributed by atoms with E-state index >= 15 is 0 Å². The summed E-state index contributed by atoms with van der Waals surface area (Å²) in [6, 6.07) is 0. The number of ether oxygens (including phenoxy) is 1. The molecule has 3 N–H and O–H groups in total. The van der Waals surface area contributed by atoms with Crippen molar-refractivity contribution in [3.8, 4) is 0 Å².